The molecule has 1 saturated carbocycles. The molecule has 3 heterocycles. The standard InChI is InChI=1S/C45H76N4O3S/c46-53(51,52)49-36-29-25-23-21-19-17-15-13-11-9-7-5-3-1-2-4-6-8-10-12-14-16-18-20-22-24-28-34-45(49)35-30-33-41(44(45)50)43-40-32-27-26-31-39(40)42-37-47-38-48(42)43/h26-27,31-32,37-38,41,43-44,50H,1-25,28-30,33-36H2,(H2,46,51,52)/t41-,43+,44-,45?/m0/s1. The summed E-state index contributed by atoms with van der Waals surface area (Å²) in [5, 5.41) is 18.8. The van der Waals surface area contributed by atoms with E-state index in [9.17, 15) is 13.5 Å². The molecular formula is C45H76N4O3S. The summed E-state index contributed by atoms with van der Waals surface area (Å²) in [4.78, 5) is 4.49. The molecule has 1 aliphatic carbocycles. The van der Waals surface area contributed by atoms with Crippen LogP contribution in [-0.4, -0.2) is 45.6 Å². The molecule has 53 heavy (non-hydrogen) atoms. The van der Waals surface area contributed by atoms with Crippen molar-refractivity contribution in [3.05, 3.63) is 42.4 Å². The first-order valence-corrected chi connectivity index (χ1v) is 24.0. The predicted molar refractivity (Wildman–Crippen MR) is 221 cm³/mol. The minimum absolute atomic E-state index is 0.0676. The Balaban J connectivity index is 1.23. The first kappa shape index (κ1) is 42.4. The highest BCUT2D eigenvalue weighted by Gasteiger charge is 2.54. The Bertz CT molecular complexity index is 1410. The van der Waals surface area contributed by atoms with E-state index in [-0.39, 0.29) is 12.0 Å². The molecule has 1 aromatic carbocycles. The Morgan fingerprint density at radius 3 is 1.55 bits per heavy atom. The van der Waals surface area contributed by atoms with Gasteiger partial charge in [0.25, 0.3) is 10.2 Å². The molecule has 5 rings (SSSR count). The lowest BCUT2D eigenvalue weighted by Gasteiger charge is -2.52. The molecule has 1 unspecified atom stereocenters. The Morgan fingerprint density at radius 1 is 0.623 bits per heavy atom. The maximum atomic E-state index is 13.6. The van der Waals surface area contributed by atoms with Gasteiger partial charge in [-0.15, -0.1) is 0 Å². The van der Waals surface area contributed by atoms with Crippen molar-refractivity contribution < 1.29 is 13.5 Å². The molecule has 8 heteroatoms. The molecule has 7 nitrogen and oxygen atoms in total. The molecule has 300 valence electrons. The van der Waals surface area contributed by atoms with Gasteiger partial charge in [-0.25, -0.2) is 10.1 Å². The van der Waals surface area contributed by atoms with Crippen molar-refractivity contribution in [2.75, 3.05) is 6.54 Å². The normalized spacial score (nSPS) is 28.8. The summed E-state index contributed by atoms with van der Waals surface area (Å²) >= 11 is 0. The quantitative estimate of drug-likeness (QED) is 0.319. The van der Waals surface area contributed by atoms with Gasteiger partial charge < -0.3 is 9.67 Å². The lowest BCUT2D eigenvalue weighted by atomic mass is 9.67. The van der Waals surface area contributed by atoms with E-state index in [1.165, 1.54) is 147 Å². The monoisotopic (exact) mass is 753 g/mol. The summed E-state index contributed by atoms with van der Waals surface area (Å²) in [6.07, 6.45) is 40.7. The van der Waals surface area contributed by atoms with E-state index < -0.39 is 21.9 Å². The number of benzene rings is 1. The van der Waals surface area contributed by atoms with Gasteiger partial charge in [-0.1, -0.05) is 198 Å². The van der Waals surface area contributed by atoms with Crippen LogP contribution in [0.3, 0.4) is 0 Å². The second-order valence-corrected chi connectivity index (χ2v) is 18.7. The van der Waals surface area contributed by atoms with Gasteiger partial charge in [0.15, 0.2) is 0 Å². The second kappa shape index (κ2) is 22.7. The average molecular weight is 753 g/mol. The van der Waals surface area contributed by atoms with Crippen molar-refractivity contribution in [2.24, 2.45) is 11.1 Å². The fourth-order valence-electron chi connectivity index (χ4n) is 10.4. The van der Waals surface area contributed by atoms with Crippen LogP contribution in [0.25, 0.3) is 11.3 Å². The van der Waals surface area contributed by atoms with E-state index in [0.29, 0.717) is 19.4 Å². The molecule has 0 bridgehead atoms. The maximum Gasteiger partial charge on any atom is 0.277 e. The summed E-state index contributed by atoms with van der Waals surface area (Å²) in [5.74, 6) is -0.128. The van der Waals surface area contributed by atoms with Crippen LogP contribution in [0, 0.1) is 5.92 Å². The van der Waals surface area contributed by atoms with Gasteiger partial charge in [0.1, 0.15) is 0 Å². The van der Waals surface area contributed by atoms with E-state index in [2.05, 4.69) is 33.8 Å². The van der Waals surface area contributed by atoms with Crippen LogP contribution in [0.1, 0.15) is 211 Å². The van der Waals surface area contributed by atoms with Crippen LogP contribution in [0.4, 0.5) is 0 Å². The van der Waals surface area contributed by atoms with Crippen molar-refractivity contribution in [2.45, 2.75) is 217 Å². The molecule has 1 saturated heterocycles. The third-order valence-corrected chi connectivity index (χ3v) is 14.5. The molecule has 2 fully saturated rings. The van der Waals surface area contributed by atoms with Crippen molar-refractivity contribution in [3.8, 4) is 11.3 Å². The zero-order valence-electron chi connectivity index (χ0n) is 33.4. The molecule has 3 N–H and O–H groups in total. The number of aliphatic hydroxyl groups is 1. The number of aromatic nitrogens is 2. The van der Waals surface area contributed by atoms with E-state index in [0.717, 1.165) is 56.2 Å². The number of aliphatic hydroxyl groups excluding tert-OH is 1. The fraction of sp³-hybridized carbons (Fsp3) is 0.800. The molecule has 4 atom stereocenters. The van der Waals surface area contributed by atoms with Crippen LogP contribution >= 0.6 is 0 Å². The van der Waals surface area contributed by atoms with Crippen LogP contribution in [0.2, 0.25) is 0 Å². The zero-order valence-corrected chi connectivity index (χ0v) is 34.2. The number of nitrogens with zero attached hydrogens (tertiary/aromatic N) is 3. The van der Waals surface area contributed by atoms with Crippen LogP contribution in [0.15, 0.2) is 36.8 Å². The zero-order chi connectivity index (χ0) is 37.2. The summed E-state index contributed by atoms with van der Waals surface area (Å²) in [6.45, 7) is 0.389. The summed E-state index contributed by atoms with van der Waals surface area (Å²) in [5.41, 5.74) is 2.55. The molecular weight excluding hydrogens is 677 g/mol. The van der Waals surface area contributed by atoms with Gasteiger partial charge >= 0.3 is 0 Å². The van der Waals surface area contributed by atoms with Crippen molar-refractivity contribution in [1.29, 1.82) is 0 Å². The Labute approximate surface area is 324 Å². The molecule has 0 amide bonds. The smallest absolute Gasteiger partial charge is 0.277 e. The van der Waals surface area contributed by atoms with Gasteiger partial charge in [0.05, 0.1) is 35.9 Å². The summed E-state index contributed by atoms with van der Waals surface area (Å²) < 4.78 is 31.0. The average Bonchev–Trinajstić information content (AvgIpc) is 3.74. The molecule has 1 aromatic heterocycles. The maximum absolute atomic E-state index is 13.6. The van der Waals surface area contributed by atoms with Gasteiger partial charge in [-0.2, -0.15) is 12.7 Å². The number of hydrogen-bond donors (Lipinski definition) is 2. The van der Waals surface area contributed by atoms with E-state index in [1.54, 1.807) is 4.31 Å². The molecule has 1 spiro atoms. The Kier molecular flexibility index (Phi) is 18.2. The van der Waals surface area contributed by atoms with E-state index in [1.807, 2.05) is 12.5 Å². The second-order valence-electron chi connectivity index (χ2n) is 17.2. The number of fused-ring (bicyclic) bond motifs is 3. The molecule has 3 aliphatic rings. The van der Waals surface area contributed by atoms with Gasteiger partial charge in [0, 0.05) is 18.0 Å². The summed E-state index contributed by atoms with van der Waals surface area (Å²) in [6, 6.07) is 8.39. The summed E-state index contributed by atoms with van der Waals surface area (Å²) in [7, 11) is -4.04. The Hall–Kier alpha value is -1.74. The highest BCUT2D eigenvalue weighted by Crippen LogP contribution is 2.51. The first-order chi connectivity index (χ1) is 25.9. The lowest BCUT2D eigenvalue weighted by molar-refractivity contribution is -0.0731. The predicted octanol–water partition coefficient (Wildman–Crippen LogP) is 11.8. The highest BCUT2D eigenvalue weighted by atomic mass is 32.2. The molecule has 2 aromatic rings. The first-order valence-electron chi connectivity index (χ1n) is 22.5. The molecule has 0 radical (unpaired) electrons. The van der Waals surface area contributed by atoms with Crippen molar-refractivity contribution >= 4 is 10.2 Å². The minimum Gasteiger partial charge on any atom is -0.391 e. The third-order valence-electron chi connectivity index (χ3n) is 13.3. The number of rotatable bonds is 2. The highest BCUT2D eigenvalue weighted by molar-refractivity contribution is 7.86. The van der Waals surface area contributed by atoms with Gasteiger partial charge in [-0.3, -0.25) is 0 Å². The SMILES string of the molecule is NS(=O)(=O)N1CCCCCCCCCCCCCCCCCCCCCCCCCCCCCC12CCC[C@@H]([C@H]1c3ccccc3-c3cncn31)[C@@H]2O. The lowest BCUT2D eigenvalue weighted by Crippen LogP contribution is -2.64. The topological polar surface area (TPSA) is 101 Å². The van der Waals surface area contributed by atoms with E-state index >= 15 is 0 Å². The fourth-order valence-corrected chi connectivity index (χ4v) is 11.5. The van der Waals surface area contributed by atoms with Crippen molar-refractivity contribution in [3.63, 3.8) is 0 Å². The largest absolute Gasteiger partial charge is 0.391 e. The van der Waals surface area contributed by atoms with Crippen LogP contribution in [0.5, 0.6) is 0 Å². The molecule has 2 aliphatic heterocycles. The van der Waals surface area contributed by atoms with Gasteiger partial charge in [-0.05, 0) is 31.2 Å². The van der Waals surface area contributed by atoms with Gasteiger partial charge in [0.2, 0.25) is 0 Å². The van der Waals surface area contributed by atoms with Crippen LogP contribution in [-0.2, 0) is 10.2 Å². The number of imidazole rings is 1. The number of nitrogens with two attached hydrogens (primary N) is 1. The minimum atomic E-state index is -4.04. The third kappa shape index (κ3) is 12.4. The number of hydrogen-bond acceptors (Lipinski definition) is 4. The van der Waals surface area contributed by atoms with Crippen molar-refractivity contribution in [1.82, 2.24) is 13.9 Å². The Morgan fingerprint density at radius 2 is 1.06 bits per heavy atom. The van der Waals surface area contributed by atoms with Crippen LogP contribution < -0.4 is 5.14 Å². The van der Waals surface area contributed by atoms with E-state index in [4.69, 9.17) is 5.14 Å².